The number of aromatic nitrogens is 2. The van der Waals surface area contributed by atoms with Gasteiger partial charge in [-0.25, -0.2) is 0 Å². The Hall–Kier alpha value is -1.81. The van der Waals surface area contributed by atoms with Crippen molar-refractivity contribution in [3.8, 4) is 5.75 Å². The van der Waals surface area contributed by atoms with Crippen LogP contribution in [0, 0.1) is 20.8 Å². The summed E-state index contributed by atoms with van der Waals surface area (Å²) in [7, 11) is 3.71. The van der Waals surface area contributed by atoms with Crippen molar-refractivity contribution in [3.63, 3.8) is 0 Å². The number of rotatable bonds is 5. The fourth-order valence-electron chi connectivity index (χ4n) is 2.85. The Morgan fingerprint density at radius 1 is 1.29 bits per heavy atom. The van der Waals surface area contributed by atoms with E-state index in [1.54, 1.807) is 7.11 Å². The van der Waals surface area contributed by atoms with Crippen molar-refractivity contribution in [2.45, 2.75) is 33.7 Å². The minimum absolute atomic E-state index is 0.0965. The lowest BCUT2D eigenvalue weighted by atomic mass is 9.93. The van der Waals surface area contributed by atoms with Gasteiger partial charge in [-0.15, -0.1) is 0 Å². The maximum Gasteiger partial charge on any atom is 0.124 e. The molecule has 1 N–H and O–H groups in total. The Bertz CT molecular complexity index is 631. The molecule has 2 rings (SSSR count). The predicted octanol–water partition coefficient (Wildman–Crippen LogP) is 3.05. The second-order valence-electron chi connectivity index (χ2n) is 5.50. The highest BCUT2D eigenvalue weighted by Gasteiger charge is 2.23. The number of methoxy groups -OCH3 is 1. The lowest BCUT2D eigenvalue weighted by Gasteiger charge is -2.23. The van der Waals surface area contributed by atoms with Gasteiger partial charge in [0.25, 0.3) is 0 Å². The molecule has 0 amide bonds. The predicted molar refractivity (Wildman–Crippen MR) is 85.9 cm³/mol. The van der Waals surface area contributed by atoms with Crippen LogP contribution >= 0.6 is 0 Å². The summed E-state index contributed by atoms with van der Waals surface area (Å²) >= 11 is 0. The lowest BCUT2D eigenvalue weighted by molar-refractivity contribution is 0.403. The topological polar surface area (TPSA) is 39.1 Å². The Labute approximate surface area is 127 Å². The molecular formula is C17H25N3O. The first-order valence-electron chi connectivity index (χ1n) is 7.36. The number of hydrogen-bond donors (Lipinski definition) is 1. The monoisotopic (exact) mass is 287 g/mol. The second kappa shape index (κ2) is 6.31. The average molecular weight is 287 g/mol. The molecule has 0 fully saturated rings. The number of ether oxygens (including phenoxy) is 1. The molecule has 0 aliphatic heterocycles. The zero-order valence-electron chi connectivity index (χ0n) is 13.8. The minimum atomic E-state index is 0.0965. The molecule has 0 saturated heterocycles. The fourth-order valence-corrected chi connectivity index (χ4v) is 2.85. The molecule has 0 aliphatic carbocycles. The summed E-state index contributed by atoms with van der Waals surface area (Å²) in [5.74, 6) is 0.932. The van der Waals surface area contributed by atoms with E-state index in [1.807, 2.05) is 17.9 Å². The summed E-state index contributed by atoms with van der Waals surface area (Å²) in [5.41, 5.74) is 6.01. The van der Waals surface area contributed by atoms with Crippen molar-refractivity contribution < 1.29 is 4.74 Å². The Balaban J connectivity index is 2.61. The number of benzene rings is 1. The van der Waals surface area contributed by atoms with Gasteiger partial charge in [0, 0.05) is 23.9 Å². The van der Waals surface area contributed by atoms with Crippen LogP contribution in [0.2, 0.25) is 0 Å². The van der Waals surface area contributed by atoms with Crippen LogP contribution in [0.3, 0.4) is 0 Å². The highest BCUT2D eigenvalue weighted by atomic mass is 16.5. The van der Waals surface area contributed by atoms with Gasteiger partial charge in [0.2, 0.25) is 0 Å². The maximum absolute atomic E-state index is 5.64. The molecule has 0 bridgehead atoms. The van der Waals surface area contributed by atoms with E-state index in [0.717, 1.165) is 12.3 Å². The fraction of sp³-hybridized carbons (Fsp3) is 0.471. The van der Waals surface area contributed by atoms with Crippen LogP contribution in [-0.4, -0.2) is 23.4 Å². The van der Waals surface area contributed by atoms with Gasteiger partial charge in [0.05, 0.1) is 19.3 Å². The minimum Gasteiger partial charge on any atom is -0.496 e. The van der Waals surface area contributed by atoms with E-state index in [2.05, 4.69) is 50.2 Å². The molecule has 21 heavy (non-hydrogen) atoms. The van der Waals surface area contributed by atoms with Crippen molar-refractivity contribution in [2.75, 3.05) is 13.7 Å². The molecule has 0 radical (unpaired) electrons. The van der Waals surface area contributed by atoms with Crippen LogP contribution in [0.15, 0.2) is 18.3 Å². The first kappa shape index (κ1) is 15.6. The van der Waals surface area contributed by atoms with Gasteiger partial charge in [-0.1, -0.05) is 13.0 Å². The summed E-state index contributed by atoms with van der Waals surface area (Å²) in [4.78, 5) is 0. The Kier molecular flexibility index (Phi) is 4.68. The summed E-state index contributed by atoms with van der Waals surface area (Å²) in [6.45, 7) is 9.34. The van der Waals surface area contributed by atoms with Crippen LogP contribution in [0.25, 0.3) is 0 Å². The van der Waals surface area contributed by atoms with Gasteiger partial charge >= 0.3 is 0 Å². The molecule has 1 unspecified atom stereocenters. The molecular weight excluding hydrogens is 262 g/mol. The standard InChI is InChI=1S/C17H25N3O/c1-7-18-17(14-10-19-20(5)13(14)4)16-12(3)8-11(2)9-15(16)21-6/h8-10,17-18H,7H2,1-6H3. The van der Waals surface area contributed by atoms with E-state index in [4.69, 9.17) is 4.74 Å². The van der Waals surface area contributed by atoms with Crippen molar-refractivity contribution in [1.82, 2.24) is 15.1 Å². The third kappa shape index (κ3) is 2.95. The third-order valence-corrected chi connectivity index (χ3v) is 3.99. The molecule has 1 heterocycles. The first-order valence-corrected chi connectivity index (χ1v) is 7.36. The third-order valence-electron chi connectivity index (χ3n) is 3.99. The normalized spacial score (nSPS) is 12.5. The van der Waals surface area contributed by atoms with E-state index in [-0.39, 0.29) is 6.04 Å². The molecule has 114 valence electrons. The van der Waals surface area contributed by atoms with Crippen LogP contribution < -0.4 is 10.1 Å². The van der Waals surface area contributed by atoms with E-state index in [0.29, 0.717) is 0 Å². The molecule has 4 heteroatoms. The van der Waals surface area contributed by atoms with Crippen molar-refractivity contribution >= 4 is 0 Å². The second-order valence-corrected chi connectivity index (χ2v) is 5.50. The molecule has 1 aromatic heterocycles. The molecule has 4 nitrogen and oxygen atoms in total. The largest absolute Gasteiger partial charge is 0.496 e. The summed E-state index contributed by atoms with van der Waals surface area (Å²) in [6.07, 6.45) is 1.95. The highest BCUT2D eigenvalue weighted by molar-refractivity contribution is 5.49. The molecule has 2 aromatic rings. The van der Waals surface area contributed by atoms with Crippen LogP contribution in [0.1, 0.15) is 40.9 Å². The van der Waals surface area contributed by atoms with Crippen molar-refractivity contribution in [1.29, 1.82) is 0 Å². The van der Waals surface area contributed by atoms with E-state index in [1.165, 1.54) is 27.9 Å². The molecule has 1 aromatic carbocycles. The number of nitrogens with one attached hydrogen (secondary N) is 1. The smallest absolute Gasteiger partial charge is 0.124 e. The number of nitrogens with zero attached hydrogens (tertiary/aromatic N) is 2. The number of hydrogen-bond acceptors (Lipinski definition) is 3. The Morgan fingerprint density at radius 3 is 2.52 bits per heavy atom. The first-order chi connectivity index (χ1) is 9.99. The molecule has 1 atom stereocenters. The van der Waals surface area contributed by atoms with E-state index in [9.17, 15) is 0 Å². The Morgan fingerprint density at radius 2 is 2.00 bits per heavy atom. The van der Waals surface area contributed by atoms with Crippen molar-refractivity contribution in [2.24, 2.45) is 7.05 Å². The van der Waals surface area contributed by atoms with Gasteiger partial charge in [-0.3, -0.25) is 4.68 Å². The van der Waals surface area contributed by atoms with Gasteiger partial charge in [-0.05, 0) is 44.5 Å². The zero-order chi connectivity index (χ0) is 15.6. The number of aryl methyl sites for hydroxylation is 3. The maximum atomic E-state index is 5.64. The van der Waals surface area contributed by atoms with Gasteiger partial charge < -0.3 is 10.1 Å². The van der Waals surface area contributed by atoms with Gasteiger partial charge in [0.1, 0.15) is 5.75 Å². The van der Waals surface area contributed by atoms with Crippen LogP contribution in [-0.2, 0) is 7.05 Å². The summed E-state index contributed by atoms with van der Waals surface area (Å²) < 4.78 is 7.55. The van der Waals surface area contributed by atoms with Crippen molar-refractivity contribution in [3.05, 3.63) is 46.3 Å². The highest BCUT2D eigenvalue weighted by Crippen LogP contribution is 2.34. The average Bonchev–Trinajstić information content (AvgIpc) is 2.76. The summed E-state index contributed by atoms with van der Waals surface area (Å²) in [6, 6.07) is 4.39. The van der Waals surface area contributed by atoms with Crippen LogP contribution in [0.4, 0.5) is 0 Å². The van der Waals surface area contributed by atoms with Gasteiger partial charge in [0.15, 0.2) is 0 Å². The lowest BCUT2D eigenvalue weighted by Crippen LogP contribution is -2.24. The molecule has 0 saturated carbocycles. The molecule has 0 aliphatic rings. The SMILES string of the molecule is CCNC(c1cnn(C)c1C)c1c(C)cc(C)cc1OC. The van der Waals surface area contributed by atoms with Gasteiger partial charge in [-0.2, -0.15) is 5.10 Å². The summed E-state index contributed by atoms with van der Waals surface area (Å²) in [5, 5.41) is 7.95. The molecule has 0 spiro atoms. The zero-order valence-corrected chi connectivity index (χ0v) is 13.8. The van der Waals surface area contributed by atoms with E-state index < -0.39 is 0 Å². The van der Waals surface area contributed by atoms with E-state index >= 15 is 0 Å². The van der Waals surface area contributed by atoms with Crippen LogP contribution in [0.5, 0.6) is 5.75 Å². The quantitative estimate of drug-likeness (QED) is 0.918.